The quantitative estimate of drug-likeness (QED) is 0.715. The van der Waals surface area contributed by atoms with E-state index in [0.717, 1.165) is 21.7 Å². The van der Waals surface area contributed by atoms with Gasteiger partial charge in [-0.3, -0.25) is 9.98 Å². The van der Waals surface area contributed by atoms with Crippen LogP contribution in [0.4, 0.5) is 0 Å². The Labute approximate surface area is 105 Å². The SMILES string of the molecule is C1=NC=c2ccccc2=C(c2ccccc2)N=C1. The van der Waals surface area contributed by atoms with Crippen LogP contribution in [0.2, 0.25) is 0 Å². The summed E-state index contributed by atoms with van der Waals surface area (Å²) < 4.78 is 0. The van der Waals surface area contributed by atoms with Crippen LogP contribution in [-0.4, -0.2) is 12.4 Å². The van der Waals surface area contributed by atoms with Crippen molar-refractivity contribution in [2.45, 2.75) is 0 Å². The molecule has 0 bridgehead atoms. The molecule has 2 nitrogen and oxygen atoms in total. The number of benzene rings is 2. The van der Waals surface area contributed by atoms with Gasteiger partial charge in [0.2, 0.25) is 0 Å². The fraction of sp³-hybridized carbons (Fsp3) is 0. The maximum Gasteiger partial charge on any atom is 0.0781 e. The minimum Gasteiger partial charge on any atom is -0.262 e. The molecule has 0 unspecified atom stereocenters. The lowest BCUT2D eigenvalue weighted by atomic mass is 10.1. The zero-order valence-corrected chi connectivity index (χ0v) is 9.82. The Morgan fingerprint density at radius 1 is 0.722 bits per heavy atom. The highest BCUT2D eigenvalue weighted by Gasteiger charge is 2.01. The second kappa shape index (κ2) is 4.80. The van der Waals surface area contributed by atoms with Crippen LogP contribution >= 0.6 is 0 Å². The van der Waals surface area contributed by atoms with Crippen molar-refractivity contribution in [1.82, 2.24) is 0 Å². The van der Waals surface area contributed by atoms with E-state index < -0.39 is 0 Å². The van der Waals surface area contributed by atoms with Gasteiger partial charge in [0.25, 0.3) is 0 Å². The fourth-order valence-electron chi connectivity index (χ4n) is 1.99. The minimum absolute atomic E-state index is 0.980. The summed E-state index contributed by atoms with van der Waals surface area (Å²) in [5.74, 6) is 0. The van der Waals surface area contributed by atoms with Crippen LogP contribution in [0, 0.1) is 0 Å². The van der Waals surface area contributed by atoms with E-state index in [2.05, 4.69) is 34.3 Å². The van der Waals surface area contributed by atoms with Crippen LogP contribution in [0.25, 0.3) is 11.9 Å². The lowest BCUT2D eigenvalue weighted by Gasteiger charge is -2.03. The van der Waals surface area contributed by atoms with Crippen molar-refractivity contribution in [3.05, 3.63) is 70.6 Å². The highest BCUT2D eigenvalue weighted by atomic mass is 14.8. The van der Waals surface area contributed by atoms with Crippen molar-refractivity contribution in [2.24, 2.45) is 9.98 Å². The van der Waals surface area contributed by atoms with Gasteiger partial charge in [-0.25, -0.2) is 0 Å². The van der Waals surface area contributed by atoms with Crippen molar-refractivity contribution in [3.8, 4) is 0 Å². The Hall–Kier alpha value is -2.48. The van der Waals surface area contributed by atoms with Crippen LogP contribution in [0.3, 0.4) is 0 Å². The molecule has 0 N–H and O–H groups in total. The van der Waals surface area contributed by atoms with Gasteiger partial charge in [-0.1, -0.05) is 54.6 Å². The van der Waals surface area contributed by atoms with Gasteiger partial charge in [-0.2, -0.15) is 0 Å². The number of nitrogens with zero attached hydrogens (tertiary/aromatic N) is 2. The number of rotatable bonds is 1. The van der Waals surface area contributed by atoms with Crippen LogP contribution in [0.1, 0.15) is 5.56 Å². The lowest BCUT2D eigenvalue weighted by molar-refractivity contribution is 1.40. The van der Waals surface area contributed by atoms with Gasteiger partial charge >= 0.3 is 0 Å². The molecule has 0 aliphatic carbocycles. The Morgan fingerprint density at radius 3 is 2.39 bits per heavy atom. The molecule has 0 amide bonds. The summed E-state index contributed by atoms with van der Waals surface area (Å²) >= 11 is 0. The third kappa shape index (κ3) is 2.00. The third-order valence-corrected chi connectivity index (χ3v) is 2.83. The lowest BCUT2D eigenvalue weighted by Crippen LogP contribution is -2.26. The Morgan fingerprint density at radius 2 is 1.50 bits per heavy atom. The first-order chi connectivity index (χ1) is 8.95. The summed E-state index contributed by atoms with van der Waals surface area (Å²) in [7, 11) is 0. The van der Waals surface area contributed by atoms with E-state index in [-0.39, 0.29) is 0 Å². The van der Waals surface area contributed by atoms with Crippen LogP contribution in [0.5, 0.6) is 0 Å². The minimum atomic E-state index is 0.980. The summed E-state index contributed by atoms with van der Waals surface area (Å²) in [5.41, 5.74) is 2.10. The van der Waals surface area contributed by atoms with Crippen molar-refractivity contribution in [3.63, 3.8) is 0 Å². The molecule has 1 aliphatic rings. The molecule has 3 rings (SSSR count). The molecular weight excluding hydrogens is 220 g/mol. The van der Waals surface area contributed by atoms with Gasteiger partial charge in [0.15, 0.2) is 0 Å². The predicted octanol–water partition coefficient (Wildman–Crippen LogP) is 1.74. The molecule has 0 spiro atoms. The first-order valence-electron chi connectivity index (χ1n) is 5.86. The first kappa shape index (κ1) is 10.7. The van der Waals surface area contributed by atoms with Gasteiger partial charge in [0.05, 0.1) is 5.70 Å². The summed E-state index contributed by atoms with van der Waals surface area (Å²) in [6, 6.07) is 18.4. The molecule has 86 valence electrons. The van der Waals surface area contributed by atoms with Crippen LogP contribution in [-0.2, 0) is 0 Å². The topological polar surface area (TPSA) is 24.7 Å². The molecule has 0 fully saturated rings. The molecule has 0 atom stereocenters. The van der Waals surface area contributed by atoms with E-state index in [9.17, 15) is 0 Å². The second-order valence-corrected chi connectivity index (χ2v) is 4.01. The van der Waals surface area contributed by atoms with Gasteiger partial charge < -0.3 is 0 Å². The number of hydrogen-bond acceptors (Lipinski definition) is 2. The van der Waals surface area contributed by atoms with E-state index in [0.29, 0.717) is 0 Å². The zero-order chi connectivity index (χ0) is 12.2. The molecular formula is C16H12N2. The van der Waals surface area contributed by atoms with E-state index in [1.54, 1.807) is 12.4 Å². The number of fused-ring (bicyclic) bond motifs is 1. The smallest absolute Gasteiger partial charge is 0.0781 e. The molecule has 2 aromatic carbocycles. The zero-order valence-electron chi connectivity index (χ0n) is 9.82. The highest BCUT2D eigenvalue weighted by Crippen LogP contribution is 2.11. The summed E-state index contributed by atoms with van der Waals surface area (Å²) in [6.45, 7) is 0. The monoisotopic (exact) mass is 232 g/mol. The summed E-state index contributed by atoms with van der Waals surface area (Å²) in [6.07, 6.45) is 5.30. The standard InChI is InChI=1S/C16H12N2/c1-2-6-13(7-3-1)16-15-9-5-4-8-14(15)12-17-10-11-18-16/h1-12H. The van der Waals surface area contributed by atoms with Crippen molar-refractivity contribution >= 4 is 24.3 Å². The van der Waals surface area contributed by atoms with Crippen molar-refractivity contribution in [2.75, 3.05) is 0 Å². The number of hydrogen-bond donors (Lipinski definition) is 0. The van der Waals surface area contributed by atoms with Gasteiger partial charge in [-0.15, -0.1) is 0 Å². The molecule has 0 aromatic heterocycles. The Balaban J connectivity index is 2.40. The number of aliphatic imine (C=N–C) groups is 2. The Bertz CT molecular complexity index is 725. The fourth-order valence-corrected chi connectivity index (χ4v) is 1.99. The van der Waals surface area contributed by atoms with Crippen LogP contribution in [0.15, 0.2) is 64.6 Å². The average Bonchev–Trinajstić information content (AvgIpc) is 2.41. The summed E-state index contributed by atoms with van der Waals surface area (Å²) in [5, 5.41) is 2.20. The summed E-state index contributed by atoms with van der Waals surface area (Å²) in [4.78, 5) is 8.70. The third-order valence-electron chi connectivity index (χ3n) is 2.83. The van der Waals surface area contributed by atoms with E-state index in [4.69, 9.17) is 0 Å². The van der Waals surface area contributed by atoms with E-state index >= 15 is 0 Å². The molecule has 18 heavy (non-hydrogen) atoms. The maximum atomic E-state index is 4.52. The normalized spacial score (nSPS) is 13.4. The highest BCUT2D eigenvalue weighted by molar-refractivity contribution is 6.18. The maximum absolute atomic E-state index is 4.52. The van der Waals surface area contributed by atoms with Crippen LogP contribution < -0.4 is 10.4 Å². The van der Waals surface area contributed by atoms with E-state index in [1.807, 2.05) is 36.5 Å². The first-order valence-corrected chi connectivity index (χ1v) is 5.86. The van der Waals surface area contributed by atoms with E-state index in [1.165, 1.54) is 0 Å². The van der Waals surface area contributed by atoms with Crippen molar-refractivity contribution < 1.29 is 0 Å². The molecule has 2 heteroatoms. The Kier molecular flexibility index (Phi) is 2.84. The molecule has 0 saturated carbocycles. The second-order valence-electron chi connectivity index (χ2n) is 4.01. The molecule has 1 aliphatic heterocycles. The van der Waals surface area contributed by atoms with Gasteiger partial charge in [-0.05, 0) is 0 Å². The van der Waals surface area contributed by atoms with Gasteiger partial charge in [0.1, 0.15) is 0 Å². The average molecular weight is 232 g/mol. The molecule has 0 saturated heterocycles. The van der Waals surface area contributed by atoms with Crippen molar-refractivity contribution in [1.29, 1.82) is 0 Å². The van der Waals surface area contributed by atoms with Gasteiger partial charge in [0, 0.05) is 34.6 Å². The largest absolute Gasteiger partial charge is 0.262 e. The molecule has 2 aromatic rings. The molecule has 1 heterocycles. The molecule has 0 radical (unpaired) electrons. The predicted molar refractivity (Wildman–Crippen MR) is 76.1 cm³/mol.